The number of nitrogens with one attached hydrogen (secondary N) is 3. The van der Waals surface area contributed by atoms with Crippen molar-refractivity contribution >= 4 is 17.5 Å². The van der Waals surface area contributed by atoms with Crippen molar-refractivity contribution in [3.63, 3.8) is 0 Å². The molecule has 1 unspecified atom stereocenters. The van der Waals surface area contributed by atoms with Crippen LogP contribution in [0.3, 0.4) is 0 Å². The fourth-order valence-electron chi connectivity index (χ4n) is 2.51. The zero-order valence-corrected chi connectivity index (χ0v) is 14.4. The number of carbonyl (C=O) groups is 1. The molecule has 3 N–H and O–H groups in total. The number of hydrogen-bond acceptors (Lipinski definition) is 5. The zero-order valence-electron chi connectivity index (χ0n) is 14.4. The van der Waals surface area contributed by atoms with Crippen LogP contribution < -0.4 is 20.7 Å². The summed E-state index contributed by atoms with van der Waals surface area (Å²) >= 11 is 0. The lowest BCUT2D eigenvalue weighted by Crippen LogP contribution is -2.38. The zero-order chi connectivity index (χ0) is 16.9. The molecule has 1 aromatic carbocycles. The topological polar surface area (TPSA) is 71.6 Å². The van der Waals surface area contributed by atoms with Crippen molar-refractivity contribution in [1.82, 2.24) is 5.32 Å². The maximum absolute atomic E-state index is 11.9. The van der Waals surface area contributed by atoms with Crippen LogP contribution in [0.2, 0.25) is 0 Å². The number of ether oxygens (including phenoxy) is 2. The fraction of sp³-hybridized carbons (Fsp3) is 0.588. The average Bonchev–Trinajstić information content (AvgIpc) is 2.48. The van der Waals surface area contributed by atoms with Crippen molar-refractivity contribution in [1.29, 1.82) is 0 Å². The second kappa shape index (κ2) is 7.55. The van der Waals surface area contributed by atoms with Crippen LogP contribution in [-0.2, 0) is 4.74 Å². The first-order chi connectivity index (χ1) is 10.9. The van der Waals surface area contributed by atoms with E-state index in [2.05, 4.69) is 16.0 Å². The van der Waals surface area contributed by atoms with Crippen LogP contribution in [0.15, 0.2) is 18.2 Å². The number of carbonyl (C=O) groups excluding carboxylic acids is 1. The molecule has 1 aromatic rings. The van der Waals surface area contributed by atoms with Gasteiger partial charge in [0.15, 0.2) is 0 Å². The van der Waals surface area contributed by atoms with E-state index in [0.717, 1.165) is 25.2 Å². The van der Waals surface area contributed by atoms with Crippen LogP contribution in [0, 0.1) is 0 Å². The third-order valence-electron chi connectivity index (χ3n) is 3.50. The highest BCUT2D eigenvalue weighted by molar-refractivity contribution is 5.87. The average molecular weight is 321 g/mol. The molecule has 0 saturated carbocycles. The van der Waals surface area contributed by atoms with Crippen molar-refractivity contribution < 1.29 is 14.3 Å². The second-order valence-corrected chi connectivity index (χ2v) is 6.73. The van der Waals surface area contributed by atoms with Crippen LogP contribution >= 0.6 is 0 Å². The Kier molecular flexibility index (Phi) is 5.71. The number of amides is 1. The van der Waals surface area contributed by atoms with Crippen LogP contribution in [0.1, 0.15) is 33.6 Å². The molecule has 1 aliphatic heterocycles. The number of benzene rings is 1. The van der Waals surface area contributed by atoms with Crippen molar-refractivity contribution in [2.24, 2.45) is 0 Å². The minimum atomic E-state index is -0.535. The van der Waals surface area contributed by atoms with Crippen molar-refractivity contribution in [2.45, 2.75) is 45.3 Å². The van der Waals surface area contributed by atoms with Crippen molar-refractivity contribution in [3.8, 4) is 5.75 Å². The molecular weight excluding hydrogens is 294 g/mol. The molecule has 1 aliphatic rings. The molecule has 1 heterocycles. The monoisotopic (exact) mass is 321 g/mol. The molecule has 0 aromatic heterocycles. The molecular formula is C17H27N3O3. The van der Waals surface area contributed by atoms with Gasteiger partial charge in [-0.15, -0.1) is 0 Å². The smallest absolute Gasteiger partial charge is 0.412 e. The van der Waals surface area contributed by atoms with Gasteiger partial charge in [-0.05, 0) is 52.3 Å². The van der Waals surface area contributed by atoms with E-state index in [1.54, 1.807) is 7.11 Å². The lowest BCUT2D eigenvalue weighted by Gasteiger charge is -2.25. The normalized spacial score (nSPS) is 18.2. The van der Waals surface area contributed by atoms with Gasteiger partial charge in [-0.25, -0.2) is 4.79 Å². The molecule has 128 valence electrons. The van der Waals surface area contributed by atoms with Gasteiger partial charge in [0.1, 0.15) is 11.4 Å². The number of methoxy groups -OCH3 is 1. The van der Waals surface area contributed by atoms with Gasteiger partial charge in [-0.1, -0.05) is 0 Å². The molecule has 6 heteroatoms. The number of anilines is 2. The van der Waals surface area contributed by atoms with Crippen LogP contribution in [-0.4, -0.2) is 37.9 Å². The Labute approximate surface area is 137 Å². The molecule has 23 heavy (non-hydrogen) atoms. The maximum atomic E-state index is 11.9. The maximum Gasteiger partial charge on any atom is 0.412 e. The summed E-state index contributed by atoms with van der Waals surface area (Å²) in [6, 6.07) is 6.06. The minimum absolute atomic E-state index is 0.415. The highest BCUT2D eigenvalue weighted by Gasteiger charge is 2.18. The first-order valence-electron chi connectivity index (χ1n) is 8.03. The van der Waals surface area contributed by atoms with Gasteiger partial charge in [0.05, 0.1) is 12.8 Å². The van der Waals surface area contributed by atoms with E-state index in [4.69, 9.17) is 9.47 Å². The van der Waals surface area contributed by atoms with Crippen molar-refractivity contribution in [2.75, 3.05) is 30.8 Å². The summed E-state index contributed by atoms with van der Waals surface area (Å²) in [4.78, 5) is 11.9. The van der Waals surface area contributed by atoms with Gasteiger partial charge in [0.2, 0.25) is 0 Å². The Balaban J connectivity index is 2.02. The molecule has 1 saturated heterocycles. The van der Waals surface area contributed by atoms with Gasteiger partial charge < -0.3 is 20.1 Å². The van der Waals surface area contributed by atoms with E-state index in [0.29, 0.717) is 17.5 Å². The molecule has 2 rings (SSSR count). The summed E-state index contributed by atoms with van der Waals surface area (Å²) in [7, 11) is 1.58. The number of hydrogen-bond donors (Lipinski definition) is 3. The van der Waals surface area contributed by atoms with Crippen molar-refractivity contribution in [3.05, 3.63) is 18.2 Å². The molecule has 0 spiro atoms. The van der Waals surface area contributed by atoms with E-state index in [1.165, 1.54) is 6.42 Å². The first kappa shape index (κ1) is 17.4. The van der Waals surface area contributed by atoms with E-state index >= 15 is 0 Å². The van der Waals surface area contributed by atoms with E-state index in [-0.39, 0.29) is 0 Å². The summed E-state index contributed by atoms with van der Waals surface area (Å²) in [6.45, 7) is 7.53. The minimum Gasteiger partial charge on any atom is -0.494 e. The fourth-order valence-corrected chi connectivity index (χ4v) is 2.51. The SMILES string of the molecule is COc1cc(NC2CCCNC2)ccc1NC(=O)OC(C)(C)C. The summed E-state index contributed by atoms with van der Waals surface area (Å²) < 4.78 is 10.6. The van der Waals surface area contributed by atoms with Crippen LogP contribution in [0.5, 0.6) is 5.75 Å². The highest BCUT2D eigenvalue weighted by atomic mass is 16.6. The summed E-state index contributed by atoms with van der Waals surface area (Å²) in [5, 5.41) is 9.59. The Bertz CT molecular complexity index is 534. The lowest BCUT2D eigenvalue weighted by molar-refractivity contribution is 0.0635. The van der Waals surface area contributed by atoms with E-state index in [1.807, 2.05) is 39.0 Å². The molecule has 0 bridgehead atoms. The van der Waals surface area contributed by atoms with E-state index in [9.17, 15) is 4.79 Å². The predicted molar refractivity (Wildman–Crippen MR) is 92.4 cm³/mol. The molecule has 0 aliphatic carbocycles. The quantitative estimate of drug-likeness (QED) is 0.794. The van der Waals surface area contributed by atoms with Gasteiger partial charge in [0, 0.05) is 24.3 Å². The van der Waals surface area contributed by atoms with Crippen LogP contribution in [0.4, 0.5) is 16.2 Å². The van der Waals surface area contributed by atoms with Crippen LogP contribution in [0.25, 0.3) is 0 Å². The highest BCUT2D eigenvalue weighted by Crippen LogP contribution is 2.29. The third-order valence-corrected chi connectivity index (χ3v) is 3.50. The Morgan fingerprint density at radius 3 is 2.74 bits per heavy atom. The first-order valence-corrected chi connectivity index (χ1v) is 8.03. The Hall–Kier alpha value is -1.95. The summed E-state index contributed by atoms with van der Waals surface area (Å²) in [6.07, 6.45) is 1.83. The van der Waals surface area contributed by atoms with Gasteiger partial charge >= 0.3 is 6.09 Å². The standard InChI is InChI=1S/C17H27N3O3/c1-17(2,3)23-16(21)20-14-8-7-12(10-15(14)22-4)19-13-6-5-9-18-11-13/h7-8,10,13,18-19H,5-6,9,11H2,1-4H3,(H,20,21). The molecule has 6 nitrogen and oxygen atoms in total. The Morgan fingerprint density at radius 1 is 1.35 bits per heavy atom. The number of rotatable bonds is 4. The number of piperidine rings is 1. The van der Waals surface area contributed by atoms with Gasteiger partial charge in [-0.2, -0.15) is 0 Å². The summed E-state index contributed by atoms with van der Waals surface area (Å²) in [5.41, 5.74) is 1.03. The molecule has 1 amide bonds. The largest absolute Gasteiger partial charge is 0.494 e. The Morgan fingerprint density at radius 2 is 2.13 bits per heavy atom. The lowest BCUT2D eigenvalue weighted by atomic mass is 10.1. The van der Waals surface area contributed by atoms with Gasteiger partial charge in [0.25, 0.3) is 0 Å². The molecule has 1 atom stereocenters. The second-order valence-electron chi connectivity index (χ2n) is 6.73. The third kappa shape index (κ3) is 5.63. The van der Waals surface area contributed by atoms with Gasteiger partial charge in [-0.3, -0.25) is 5.32 Å². The van der Waals surface area contributed by atoms with E-state index < -0.39 is 11.7 Å². The summed E-state index contributed by atoms with van der Waals surface area (Å²) in [5.74, 6) is 0.602. The molecule has 1 fully saturated rings. The predicted octanol–water partition coefficient (Wildman–Crippen LogP) is 3.21. The molecule has 0 radical (unpaired) electrons.